The van der Waals surface area contributed by atoms with Gasteiger partial charge in [-0.3, -0.25) is 0 Å². The summed E-state index contributed by atoms with van der Waals surface area (Å²) in [7, 11) is 0. The molecule has 0 atom stereocenters. The smallest absolute Gasteiger partial charge is 0.432 e. The molecule has 0 fully saturated rings. The first kappa shape index (κ1) is 14.3. The van der Waals surface area contributed by atoms with Crippen LogP contribution in [-0.2, 0) is 4.74 Å². The number of nitrogen functional groups attached to an aromatic ring is 1. The number of fused-ring (bicyclic) bond motifs is 1. The summed E-state index contributed by atoms with van der Waals surface area (Å²) in [6.07, 6.45) is -0.907. The van der Waals surface area contributed by atoms with Crippen molar-refractivity contribution in [2.45, 2.75) is 20.8 Å². The predicted octanol–water partition coefficient (Wildman–Crippen LogP) is 1.76. The van der Waals surface area contributed by atoms with Crippen LogP contribution in [0.1, 0.15) is 23.1 Å². The maximum atomic E-state index is 12.0. The van der Waals surface area contributed by atoms with Crippen molar-refractivity contribution in [3.05, 3.63) is 22.2 Å². The molecule has 0 aliphatic heterocycles. The Hall–Kier alpha value is -2.15. The van der Waals surface area contributed by atoms with E-state index in [-0.39, 0.29) is 11.5 Å². The molecule has 2 aromatic heterocycles. The highest BCUT2D eigenvalue weighted by Crippen LogP contribution is 2.34. The molecule has 0 spiro atoms. The van der Waals surface area contributed by atoms with Gasteiger partial charge in [0.25, 0.3) is 0 Å². The molecule has 6 nitrogen and oxygen atoms in total. The molecule has 0 aliphatic rings. The van der Waals surface area contributed by atoms with E-state index in [0.29, 0.717) is 10.5 Å². The van der Waals surface area contributed by atoms with E-state index < -0.39 is 12.0 Å². The highest BCUT2D eigenvalue weighted by molar-refractivity contribution is 7.21. The average molecular weight is 292 g/mol. The minimum Gasteiger partial charge on any atom is -0.857 e. The average Bonchev–Trinajstić information content (AvgIpc) is 2.66. The number of aromatic nitrogens is 1. The SMILES string of the molecule is CCOC(=O)/N=C(\[O-])c1sc2nc(C)cc(C)c2c1N. The van der Waals surface area contributed by atoms with Gasteiger partial charge in [0.1, 0.15) is 4.83 Å². The van der Waals surface area contributed by atoms with Crippen molar-refractivity contribution in [3.63, 3.8) is 0 Å². The minimum absolute atomic E-state index is 0.164. The summed E-state index contributed by atoms with van der Waals surface area (Å²) >= 11 is 1.13. The summed E-state index contributed by atoms with van der Waals surface area (Å²) in [5, 5.41) is 12.7. The van der Waals surface area contributed by atoms with Crippen LogP contribution in [0.15, 0.2) is 11.1 Å². The largest absolute Gasteiger partial charge is 0.857 e. The highest BCUT2D eigenvalue weighted by Gasteiger charge is 2.14. The lowest BCUT2D eigenvalue weighted by atomic mass is 10.1. The number of thiophene rings is 1. The van der Waals surface area contributed by atoms with Gasteiger partial charge in [0.2, 0.25) is 0 Å². The fraction of sp³-hybridized carbons (Fsp3) is 0.308. The Balaban J connectivity index is 2.53. The number of anilines is 1. The molecule has 0 saturated heterocycles. The summed E-state index contributed by atoms with van der Waals surface area (Å²) in [5.74, 6) is -0.694. The van der Waals surface area contributed by atoms with Gasteiger partial charge in [-0.1, -0.05) is 0 Å². The first-order chi connectivity index (χ1) is 9.43. The maximum absolute atomic E-state index is 12.0. The molecule has 2 heterocycles. The topological polar surface area (TPSA) is 101 Å². The Morgan fingerprint density at radius 2 is 2.25 bits per heavy atom. The second-order valence-corrected chi connectivity index (χ2v) is 5.22. The first-order valence-corrected chi connectivity index (χ1v) is 6.84. The number of carbonyl (C=O) groups excluding carboxylic acids is 1. The zero-order valence-electron chi connectivity index (χ0n) is 11.4. The fourth-order valence-electron chi connectivity index (χ4n) is 1.92. The highest BCUT2D eigenvalue weighted by atomic mass is 32.1. The normalized spacial score (nSPS) is 11.8. The van der Waals surface area contributed by atoms with E-state index in [1.165, 1.54) is 0 Å². The number of hydrogen-bond acceptors (Lipinski definition) is 6. The van der Waals surface area contributed by atoms with E-state index in [1.54, 1.807) is 6.92 Å². The van der Waals surface area contributed by atoms with E-state index in [9.17, 15) is 9.90 Å². The molecule has 1 amide bonds. The number of nitrogens with two attached hydrogens (primary N) is 1. The lowest BCUT2D eigenvalue weighted by Gasteiger charge is -2.08. The van der Waals surface area contributed by atoms with Gasteiger partial charge in [0, 0.05) is 17.0 Å². The maximum Gasteiger partial charge on any atom is 0.432 e. The molecule has 0 aliphatic carbocycles. The van der Waals surface area contributed by atoms with Gasteiger partial charge in [0.15, 0.2) is 0 Å². The van der Waals surface area contributed by atoms with Crippen molar-refractivity contribution in [1.29, 1.82) is 0 Å². The third-order valence-corrected chi connectivity index (χ3v) is 3.77. The monoisotopic (exact) mass is 292 g/mol. The number of nitrogens with zero attached hydrogens (tertiary/aromatic N) is 2. The molecule has 2 N–H and O–H groups in total. The molecular formula is C13H14N3O3S-. The van der Waals surface area contributed by atoms with E-state index in [4.69, 9.17) is 5.73 Å². The second-order valence-electron chi connectivity index (χ2n) is 4.22. The molecular weight excluding hydrogens is 278 g/mol. The molecule has 106 valence electrons. The number of carbonyl (C=O) groups is 1. The summed E-state index contributed by atoms with van der Waals surface area (Å²) in [4.78, 5) is 19.8. The van der Waals surface area contributed by atoms with E-state index >= 15 is 0 Å². The summed E-state index contributed by atoms with van der Waals surface area (Å²) in [6.45, 7) is 5.57. The minimum atomic E-state index is -0.907. The van der Waals surface area contributed by atoms with Crippen LogP contribution in [0.25, 0.3) is 10.2 Å². The number of aryl methyl sites for hydroxylation is 2. The number of ether oxygens (including phenoxy) is 1. The molecule has 0 saturated carbocycles. The number of hydrogen-bond donors (Lipinski definition) is 1. The Kier molecular flexibility index (Phi) is 3.89. The van der Waals surface area contributed by atoms with Crippen molar-refractivity contribution < 1.29 is 14.6 Å². The van der Waals surface area contributed by atoms with Gasteiger partial charge in [0.05, 0.1) is 17.2 Å². The third-order valence-electron chi connectivity index (χ3n) is 2.68. The fourth-order valence-corrected chi connectivity index (χ4v) is 3.02. The third kappa shape index (κ3) is 2.57. The number of pyridine rings is 1. The van der Waals surface area contributed by atoms with Gasteiger partial charge >= 0.3 is 6.09 Å². The predicted molar refractivity (Wildman–Crippen MR) is 77.1 cm³/mol. The molecule has 2 rings (SSSR count). The Labute approximate surface area is 119 Å². The van der Waals surface area contributed by atoms with Gasteiger partial charge in [-0.2, -0.15) is 4.99 Å². The van der Waals surface area contributed by atoms with E-state index in [1.807, 2.05) is 19.9 Å². The summed E-state index contributed by atoms with van der Waals surface area (Å²) in [6, 6.07) is 1.89. The molecule has 0 radical (unpaired) electrons. The van der Waals surface area contributed by atoms with Crippen LogP contribution in [0.2, 0.25) is 0 Å². The zero-order valence-corrected chi connectivity index (χ0v) is 12.2. The second kappa shape index (κ2) is 5.46. The van der Waals surface area contributed by atoms with Crippen molar-refractivity contribution in [2.75, 3.05) is 12.3 Å². The number of aliphatic imine (C=N–C) groups is 1. The Bertz CT molecular complexity index is 706. The number of rotatable bonds is 2. The molecule has 0 aromatic carbocycles. The van der Waals surface area contributed by atoms with Crippen LogP contribution < -0.4 is 10.8 Å². The van der Waals surface area contributed by atoms with Crippen molar-refractivity contribution in [3.8, 4) is 0 Å². The van der Waals surface area contributed by atoms with Crippen LogP contribution in [0.4, 0.5) is 10.5 Å². The van der Waals surface area contributed by atoms with Crippen LogP contribution in [0.5, 0.6) is 0 Å². The van der Waals surface area contributed by atoms with Crippen LogP contribution >= 0.6 is 11.3 Å². The molecule has 0 unspecified atom stereocenters. The lowest BCUT2D eigenvalue weighted by Crippen LogP contribution is -2.21. The first-order valence-electron chi connectivity index (χ1n) is 6.03. The molecule has 20 heavy (non-hydrogen) atoms. The Morgan fingerprint density at radius 1 is 1.55 bits per heavy atom. The van der Waals surface area contributed by atoms with Crippen molar-refractivity contribution in [1.82, 2.24) is 4.98 Å². The number of amides is 1. The van der Waals surface area contributed by atoms with Crippen LogP contribution in [0.3, 0.4) is 0 Å². The van der Waals surface area contributed by atoms with Crippen molar-refractivity contribution in [2.24, 2.45) is 4.99 Å². The van der Waals surface area contributed by atoms with Gasteiger partial charge in [-0.25, -0.2) is 9.78 Å². The van der Waals surface area contributed by atoms with E-state index in [2.05, 4.69) is 14.7 Å². The quantitative estimate of drug-likeness (QED) is 0.671. The van der Waals surface area contributed by atoms with Gasteiger partial charge in [-0.15, -0.1) is 11.3 Å². The van der Waals surface area contributed by atoms with Crippen LogP contribution in [-0.4, -0.2) is 23.6 Å². The van der Waals surface area contributed by atoms with E-state index in [0.717, 1.165) is 28.0 Å². The zero-order chi connectivity index (χ0) is 14.9. The lowest BCUT2D eigenvalue weighted by molar-refractivity contribution is -0.212. The van der Waals surface area contributed by atoms with Gasteiger partial charge < -0.3 is 15.6 Å². The van der Waals surface area contributed by atoms with Crippen LogP contribution in [0, 0.1) is 13.8 Å². The summed E-state index contributed by atoms with van der Waals surface area (Å²) < 4.78 is 4.61. The van der Waals surface area contributed by atoms with Gasteiger partial charge in [-0.05, 0) is 32.4 Å². The standard InChI is InChI=1S/C13H15N3O3S/c1-4-19-13(18)16-11(17)10-9(14)8-6(2)5-7(3)15-12(8)20-10/h5H,4,14H2,1-3H3,(H,16,17,18)/p-1. The summed E-state index contributed by atoms with van der Waals surface area (Å²) in [5.41, 5.74) is 8.08. The molecule has 0 bridgehead atoms. The molecule has 2 aromatic rings. The molecule has 7 heteroatoms. The van der Waals surface area contributed by atoms with Crippen molar-refractivity contribution >= 4 is 39.2 Å². The Morgan fingerprint density at radius 3 is 2.90 bits per heavy atom.